The van der Waals surface area contributed by atoms with Crippen molar-refractivity contribution in [2.75, 3.05) is 14.2 Å². The highest BCUT2D eigenvalue weighted by Crippen LogP contribution is 2.31. The summed E-state index contributed by atoms with van der Waals surface area (Å²) in [5, 5.41) is 20.1. The summed E-state index contributed by atoms with van der Waals surface area (Å²) in [4.78, 5) is 0. The SMILES string of the molecule is COc1ccc(C(O)C(O)Oc2ccccc2)cc1OC. The average Bonchev–Trinajstić information content (AvgIpc) is 2.54. The molecule has 21 heavy (non-hydrogen) atoms. The molecular weight excluding hydrogens is 272 g/mol. The molecule has 112 valence electrons. The van der Waals surface area contributed by atoms with Gasteiger partial charge in [-0.1, -0.05) is 24.3 Å². The maximum Gasteiger partial charge on any atom is 0.227 e. The number of ether oxygens (including phenoxy) is 3. The number of benzene rings is 2. The van der Waals surface area contributed by atoms with Crippen molar-refractivity contribution in [2.45, 2.75) is 12.4 Å². The molecule has 5 nitrogen and oxygen atoms in total. The topological polar surface area (TPSA) is 68.2 Å². The predicted octanol–water partition coefficient (Wildman–Crippen LogP) is 2.13. The Morgan fingerprint density at radius 2 is 1.52 bits per heavy atom. The van der Waals surface area contributed by atoms with Crippen LogP contribution in [0.25, 0.3) is 0 Å². The van der Waals surface area contributed by atoms with E-state index in [2.05, 4.69) is 0 Å². The zero-order valence-corrected chi connectivity index (χ0v) is 11.9. The van der Waals surface area contributed by atoms with Crippen LogP contribution in [0.4, 0.5) is 0 Å². The van der Waals surface area contributed by atoms with Gasteiger partial charge in [0.1, 0.15) is 11.9 Å². The number of hydrogen-bond acceptors (Lipinski definition) is 5. The van der Waals surface area contributed by atoms with Gasteiger partial charge in [0, 0.05) is 0 Å². The highest BCUT2D eigenvalue weighted by atomic mass is 16.6. The minimum atomic E-state index is -1.38. The summed E-state index contributed by atoms with van der Waals surface area (Å²) in [6.07, 6.45) is -2.59. The minimum absolute atomic E-state index is 0.469. The van der Waals surface area contributed by atoms with Gasteiger partial charge >= 0.3 is 0 Å². The van der Waals surface area contributed by atoms with Gasteiger partial charge in [-0.25, -0.2) is 0 Å². The Morgan fingerprint density at radius 3 is 2.14 bits per heavy atom. The zero-order valence-electron chi connectivity index (χ0n) is 11.9. The normalized spacial score (nSPS) is 13.3. The van der Waals surface area contributed by atoms with E-state index in [9.17, 15) is 10.2 Å². The molecule has 2 aromatic rings. The van der Waals surface area contributed by atoms with E-state index in [1.165, 1.54) is 14.2 Å². The smallest absolute Gasteiger partial charge is 0.227 e. The number of aliphatic hydroxyl groups excluding tert-OH is 2. The first-order chi connectivity index (χ1) is 10.2. The monoisotopic (exact) mass is 290 g/mol. The molecule has 0 spiro atoms. The van der Waals surface area contributed by atoms with E-state index in [0.717, 1.165) is 0 Å². The molecule has 2 aromatic carbocycles. The molecule has 0 aliphatic carbocycles. The lowest BCUT2D eigenvalue weighted by Crippen LogP contribution is -2.24. The molecule has 0 heterocycles. The van der Waals surface area contributed by atoms with Crippen molar-refractivity contribution in [1.29, 1.82) is 0 Å². The van der Waals surface area contributed by atoms with E-state index < -0.39 is 12.4 Å². The van der Waals surface area contributed by atoms with Crippen LogP contribution >= 0.6 is 0 Å². The lowest BCUT2D eigenvalue weighted by molar-refractivity contribution is -0.106. The van der Waals surface area contributed by atoms with Crippen molar-refractivity contribution >= 4 is 0 Å². The largest absolute Gasteiger partial charge is 0.493 e. The Morgan fingerprint density at radius 1 is 0.857 bits per heavy atom. The molecule has 0 aliphatic heterocycles. The Hall–Kier alpha value is -2.24. The fourth-order valence-corrected chi connectivity index (χ4v) is 1.90. The highest BCUT2D eigenvalue weighted by Gasteiger charge is 2.21. The highest BCUT2D eigenvalue weighted by molar-refractivity contribution is 5.43. The average molecular weight is 290 g/mol. The zero-order chi connectivity index (χ0) is 15.2. The lowest BCUT2D eigenvalue weighted by atomic mass is 10.1. The maximum absolute atomic E-state index is 10.2. The molecule has 0 amide bonds. The van der Waals surface area contributed by atoms with Gasteiger partial charge in [0.25, 0.3) is 0 Å². The van der Waals surface area contributed by atoms with Crippen molar-refractivity contribution in [3.05, 3.63) is 54.1 Å². The van der Waals surface area contributed by atoms with Gasteiger partial charge in [-0.05, 0) is 29.8 Å². The third-order valence-corrected chi connectivity index (χ3v) is 3.02. The fourth-order valence-electron chi connectivity index (χ4n) is 1.90. The Balaban J connectivity index is 2.13. The minimum Gasteiger partial charge on any atom is -0.493 e. The van der Waals surface area contributed by atoms with Gasteiger partial charge in [0.2, 0.25) is 6.29 Å². The summed E-state index contributed by atoms with van der Waals surface area (Å²) in [7, 11) is 3.03. The van der Waals surface area contributed by atoms with Crippen LogP contribution in [0.3, 0.4) is 0 Å². The molecule has 0 bridgehead atoms. The Labute approximate surface area is 123 Å². The molecular formula is C16H18O5. The molecule has 0 fully saturated rings. The Kier molecular flexibility index (Phi) is 5.03. The molecule has 0 aliphatic rings. The van der Waals surface area contributed by atoms with Gasteiger partial charge in [0.15, 0.2) is 11.5 Å². The van der Waals surface area contributed by atoms with Crippen molar-refractivity contribution < 1.29 is 24.4 Å². The van der Waals surface area contributed by atoms with Crippen LogP contribution in [-0.4, -0.2) is 30.7 Å². The molecule has 0 saturated carbocycles. The van der Waals surface area contributed by atoms with Crippen LogP contribution in [0.2, 0.25) is 0 Å². The number of methoxy groups -OCH3 is 2. The van der Waals surface area contributed by atoms with Crippen molar-refractivity contribution in [3.8, 4) is 17.2 Å². The van der Waals surface area contributed by atoms with E-state index in [-0.39, 0.29) is 0 Å². The van der Waals surface area contributed by atoms with E-state index in [1.807, 2.05) is 6.07 Å². The first-order valence-corrected chi connectivity index (χ1v) is 6.45. The third kappa shape index (κ3) is 3.65. The second kappa shape index (κ2) is 6.97. The first kappa shape index (κ1) is 15.2. The molecule has 5 heteroatoms. The summed E-state index contributed by atoms with van der Waals surface area (Å²) < 4.78 is 15.6. The quantitative estimate of drug-likeness (QED) is 0.798. The number of para-hydroxylation sites is 1. The predicted molar refractivity (Wildman–Crippen MR) is 77.6 cm³/mol. The maximum atomic E-state index is 10.2. The van der Waals surface area contributed by atoms with Crippen LogP contribution in [0, 0.1) is 0 Å². The second-order valence-corrected chi connectivity index (χ2v) is 4.38. The molecule has 0 saturated heterocycles. The molecule has 0 aromatic heterocycles. The van der Waals surface area contributed by atoms with Gasteiger partial charge in [0.05, 0.1) is 14.2 Å². The second-order valence-electron chi connectivity index (χ2n) is 4.38. The van der Waals surface area contributed by atoms with Gasteiger partial charge in [-0.3, -0.25) is 0 Å². The summed E-state index contributed by atoms with van der Waals surface area (Å²) >= 11 is 0. The molecule has 2 N–H and O–H groups in total. The van der Waals surface area contributed by atoms with Crippen molar-refractivity contribution in [3.63, 3.8) is 0 Å². The van der Waals surface area contributed by atoms with Gasteiger partial charge < -0.3 is 24.4 Å². The van der Waals surface area contributed by atoms with E-state index in [1.54, 1.807) is 42.5 Å². The summed E-state index contributed by atoms with van der Waals surface area (Å²) in [6, 6.07) is 13.7. The standard InChI is InChI=1S/C16H18O5/c1-19-13-9-8-11(10-14(13)20-2)15(17)16(18)21-12-6-4-3-5-7-12/h3-10,15-18H,1-2H3. The van der Waals surface area contributed by atoms with Crippen molar-refractivity contribution in [1.82, 2.24) is 0 Å². The number of rotatable bonds is 6. The molecule has 2 rings (SSSR count). The molecule has 2 unspecified atom stereocenters. The van der Waals surface area contributed by atoms with E-state index in [4.69, 9.17) is 14.2 Å². The van der Waals surface area contributed by atoms with Crippen LogP contribution < -0.4 is 14.2 Å². The van der Waals surface area contributed by atoms with Crippen LogP contribution in [0.15, 0.2) is 48.5 Å². The van der Waals surface area contributed by atoms with Crippen LogP contribution in [-0.2, 0) is 0 Å². The summed E-state index contributed by atoms with van der Waals surface area (Å²) in [5.74, 6) is 1.50. The van der Waals surface area contributed by atoms with Crippen LogP contribution in [0.1, 0.15) is 11.7 Å². The summed E-state index contributed by atoms with van der Waals surface area (Å²) in [6.45, 7) is 0. The lowest BCUT2D eigenvalue weighted by Gasteiger charge is -2.20. The molecule has 2 atom stereocenters. The number of hydrogen-bond donors (Lipinski definition) is 2. The number of aliphatic hydroxyl groups is 2. The third-order valence-electron chi connectivity index (χ3n) is 3.02. The Bertz CT molecular complexity index is 570. The van der Waals surface area contributed by atoms with Crippen molar-refractivity contribution in [2.24, 2.45) is 0 Å². The van der Waals surface area contributed by atoms with E-state index >= 15 is 0 Å². The van der Waals surface area contributed by atoms with E-state index in [0.29, 0.717) is 22.8 Å². The molecule has 0 radical (unpaired) electrons. The van der Waals surface area contributed by atoms with Crippen LogP contribution in [0.5, 0.6) is 17.2 Å². The fraction of sp³-hybridized carbons (Fsp3) is 0.250. The van der Waals surface area contributed by atoms with Gasteiger partial charge in [-0.15, -0.1) is 0 Å². The first-order valence-electron chi connectivity index (χ1n) is 6.45. The summed E-state index contributed by atoms with van der Waals surface area (Å²) in [5.41, 5.74) is 0.469. The van der Waals surface area contributed by atoms with Gasteiger partial charge in [-0.2, -0.15) is 0 Å².